The van der Waals surface area contributed by atoms with E-state index in [1.54, 1.807) is 11.0 Å². The molecule has 1 atom stereocenters. The lowest BCUT2D eigenvalue weighted by Gasteiger charge is -2.34. The predicted molar refractivity (Wildman–Crippen MR) is 97.3 cm³/mol. The van der Waals surface area contributed by atoms with Crippen molar-refractivity contribution in [2.75, 3.05) is 20.2 Å². The maximum Gasteiger partial charge on any atom is 0.410 e. The number of phenolic OH excluding ortho intramolecular Hbond substituents is 1. The maximum atomic E-state index is 12.4. The number of carbonyl (C=O) groups excluding carboxylic acids is 2. The topological polar surface area (TPSA) is 88.1 Å². The number of aromatic hydroxyl groups is 1. The van der Waals surface area contributed by atoms with E-state index in [1.807, 2.05) is 20.8 Å². The van der Waals surface area contributed by atoms with Crippen LogP contribution in [0.5, 0.6) is 11.5 Å². The molecule has 1 aliphatic heterocycles. The number of piperidine rings is 1. The Kier molecular flexibility index (Phi) is 6.34. The minimum absolute atomic E-state index is 0.0855. The second kappa shape index (κ2) is 8.29. The van der Waals surface area contributed by atoms with E-state index in [0.717, 1.165) is 12.8 Å². The third kappa shape index (κ3) is 5.82. The highest BCUT2D eigenvalue weighted by molar-refractivity contribution is 5.80. The number of ether oxygens (including phenoxy) is 2. The second-order valence-electron chi connectivity index (χ2n) is 7.51. The van der Waals surface area contributed by atoms with Crippen LogP contribution in [0.15, 0.2) is 18.2 Å². The first-order valence-electron chi connectivity index (χ1n) is 8.81. The summed E-state index contributed by atoms with van der Waals surface area (Å²) in [6, 6.07) is 4.54. The molecular weight excluding hydrogens is 336 g/mol. The summed E-state index contributed by atoms with van der Waals surface area (Å²) in [5, 5.41) is 12.6. The number of nitrogens with one attached hydrogen (secondary N) is 1. The van der Waals surface area contributed by atoms with Crippen LogP contribution in [0.1, 0.15) is 39.2 Å². The van der Waals surface area contributed by atoms with Crippen LogP contribution >= 0.6 is 0 Å². The van der Waals surface area contributed by atoms with Gasteiger partial charge in [0.1, 0.15) is 17.1 Å². The van der Waals surface area contributed by atoms with Crippen molar-refractivity contribution < 1.29 is 24.2 Å². The van der Waals surface area contributed by atoms with E-state index in [2.05, 4.69) is 5.32 Å². The van der Waals surface area contributed by atoms with Crippen LogP contribution in [0, 0.1) is 0 Å². The minimum Gasteiger partial charge on any atom is -0.508 e. The van der Waals surface area contributed by atoms with Gasteiger partial charge < -0.3 is 24.8 Å². The molecule has 1 aromatic carbocycles. The van der Waals surface area contributed by atoms with E-state index in [9.17, 15) is 14.7 Å². The molecule has 0 aliphatic carbocycles. The third-order valence-corrected chi connectivity index (χ3v) is 4.05. The number of nitrogens with zero attached hydrogens (tertiary/aromatic N) is 1. The Bertz CT molecular complexity index is 654. The van der Waals surface area contributed by atoms with Crippen molar-refractivity contribution in [3.05, 3.63) is 23.8 Å². The number of methoxy groups -OCH3 is 1. The lowest BCUT2D eigenvalue weighted by molar-refractivity contribution is -0.121. The number of benzene rings is 1. The van der Waals surface area contributed by atoms with Crippen molar-refractivity contribution in [3.63, 3.8) is 0 Å². The molecular formula is C19H28N2O5. The molecule has 1 saturated heterocycles. The van der Waals surface area contributed by atoms with Crippen molar-refractivity contribution in [3.8, 4) is 11.5 Å². The van der Waals surface area contributed by atoms with Gasteiger partial charge in [-0.25, -0.2) is 4.79 Å². The summed E-state index contributed by atoms with van der Waals surface area (Å²) in [7, 11) is 1.52. The van der Waals surface area contributed by atoms with E-state index in [0.29, 0.717) is 24.4 Å². The van der Waals surface area contributed by atoms with E-state index in [-0.39, 0.29) is 30.2 Å². The lowest BCUT2D eigenvalue weighted by Crippen LogP contribution is -2.51. The largest absolute Gasteiger partial charge is 0.508 e. The zero-order valence-electron chi connectivity index (χ0n) is 15.9. The summed E-state index contributed by atoms with van der Waals surface area (Å²) in [6.45, 7) is 6.55. The first kappa shape index (κ1) is 19.9. The normalized spacial score (nSPS) is 17.5. The van der Waals surface area contributed by atoms with Crippen molar-refractivity contribution in [1.82, 2.24) is 10.2 Å². The number of carbonyl (C=O) groups is 2. The van der Waals surface area contributed by atoms with E-state index in [4.69, 9.17) is 9.47 Å². The number of likely N-dealkylation sites (tertiary alicyclic amines) is 1. The number of hydrogen-bond donors (Lipinski definition) is 2. The highest BCUT2D eigenvalue weighted by Crippen LogP contribution is 2.24. The fraction of sp³-hybridized carbons (Fsp3) is 0.579. The van der Waals surface area contributed by atoms with Crippen LogP contribution < -0.4 is 10.1 Å². The van der Waals surface area contributed by atoms with Crippen molar-refractivity contribution in [2.24, 2.45) is 0 Å². The Morgan fingerprint density at radius 2 is 2.08 bits per heavy atom. The Labute approximate surface area is 154 Å². The van der Waals surface area contributed by atoms with Gasteiger partial charge in [-0.2, -0.15) is 0 Å². The van der Waals surface area contributed by atoms with Gasteiger partial charge in [-0.15, -0.1) is 0 Å². The average molecular weight is 364 g/mol. The second-order valence-corrected chi connectivity index (χ2v) is 7.51. The van der Waals surface area contributed by atoms with Crippen LogP contribution in [-0.2, 0) is 16.0 Å². The number of phenols is 1. The monoisotopic (exact) mass is 364 g/mol. The first-order chi connectivity index (χ1) is 12.2. The van der Waals surface area contributed by atoms with Crippen LogP contribution in [0.2, 0.25) is 0 Å². The van der Waals surface area contributed by atoms with Gasteiger partial charge in [0.25, 0.3) is 0 Å². The minimum atomic E-state index is -0.543. The molecule has 2 amide bonds. The Hall–Kier alpha value is -2.44. The molecule has 1 aromatic rings. The molecule has 0 aromatic heterocycles. The van der Waals surface area contributed by atoms with Gasteiger partial charge in [-0.1, -0.05) is 0 Å². The molecule has 0 saturated carbocycles. The Balaban J connectivity index is 1.93. The summed E-state index contributed by atoms with van der Waals surface area (Å²) in [5.74, 6) is 0.462. The molecule has 7 nitrogen and oxygen atoms in total. The summed E-state index contributed by atoms with van der Waals surface area (Å²) in [4.78, 5) is 26.2. The molecule has 2 rings (SSSR count). The molecule has 0 bridgehead atoms. The molecule has 144 valence electrons. The summed E-state index contributed by atoms with van der Waals surface area (Å²) in [6.07, 6.45) is 1.36. The van der Waals surface area contributed by atoms with Gasteiger partial charge in [-0.3, -0.25) is 4.79 Å². The van der Waals surface area contributed by atoms with E-state index < -0.39 is 5.60 Å². The maximum absolute atomic E-state index is 12.4. The lowest BCUT2D eigenvalue weighted by atomic mass is 10.0. The fourth-order valence-corrected chi connectivity index (χ4v) is 2.94. The van der Waals surface area contributed by atoms with Crippen molar-refractivity contribution in [2.45, 2.75) is 51.7 Å². The Morgan fingerprint density at radius 1 is 1.35 bits per heavy atom. The summed E-state index contributed by atoms with van der Waals surface area (Å²) in [5.41, 5.74) is 0.0730. The molecule has 0 unspecified atom stereocenters. The molecule has 1 heterocycles. The van der Waals surface area contributed by atoms with Gasteiger partial charge in [0.15, 0.2) is 0 Å². The molecule has 26 heavy (non-hydrogen) atoms. The number of hydrogen-bond acceptors (Lipinski definition) is 5. The quantitative estimate of drug-likeness (QED) is 0.857. The van der Waals surface area contributed by atoms with Gasteiger partial charge in [0.2, 0.25) is 5.91 Å². The third-order valence-electron chi connectivity index (χ3n) is 4.05. The van der Waals surface area contributed by atoms with E-state index >= 15 is 0 Å². The first-order valence-corrected chi connectivity index (χ1v) is 8.81. The van der Waals surface area contributed by atoms with Crippen LogP contribution in [-0.4, -0.2) is 53.8 Å². The molecule has 7 heteroatoms. The number of rotatable bonds is 4. The van der Waals surface area contributed by atoms with Crippen LogP contribution in [0.4, 0.5) is 4.79 Å². The molecule has 0 radical (unpaired) electrons. The van der Waals surface area contributed by atoms with Crippen LogP contribution in [0.3, 0.4) is 0 Å². The SMILES string of the molecule is COc1ccc(O)cc1CC(=O)N[C@H]1CCCN(C(=O)OC(C)(C)C)C1. The zero-order valence-corrected chi connectivity index (χ0v) is 15.9. The highest BCUT2D eigenvalue weighted by atomic mass is 16.6. The molecule has 1 aliphatic rings. The van der Waals surface area contributed by atoms with E-state index in [1.165, 1.54) is 19.2 Å². The zero-order chi connectivity index (χ0) is 19.3. The molecule has 1 fully saturated rings. The summed E-state index contributed by atoms with van der Waals surface area (Å²) >= 11 is 0. The molecule has 0 spiro atoms. The van der Waals surface area contributed by atoms with Crippen LogP contribution in [0.25, 0.3) is 0 Å². The standard InChI is InChI=1S/C19H28N2O5/c1-19(2,3)26-18(24)21-9-5-6-14(12-21)20-17(23)11-13-10-15(22)7-8-16(13)25-4/h7-8,10,14,22H,5-6,9,11-12H2,1-4H3,(H,20,23)/t14-/m0/s1. The van der Waals surface area contributed by atoms with Crippen molar-refractivity contribution >= 4 is 12.0 Å². The smallest absolute Gasteiger partial charge is 0.410 e. The Morgan fingerprint density at radius 3 is 2.73 bits per heavy atom. The highest BCUT2D eigenvalue weighted by Gasteiger charge is 2.28. The number of amides is 2. The fourth-order valence-electron chi connectivity index (χ4n) is 2.94. The van der Waals surface area contributed by atoms with Gasteiger partial charge in [0.05, 0.1) is 13.5 Å². The van der Waals surface area contributed by atoms with Gasteiger partial charge >= 0.3 is 6.09 Å². The van der Waals surface area contributed by atoms with Crippen molar-refractivity contribution in [1.29, 1.82) is 0 Å². The van der Waals surface area contributed by atoms with Gasteiger partial charge in [-0.05, 0) is 51.8 Å². The average Bonchev–Trinajstić information content (AvgIpc) is 2.53. The molecule has 2 N–H and O–H groups in total. The van der Waals surface area contributed by atoms with Gasteiger partial charge in [0, 0.05) is 24.7 Å². The predicted octanol–water partition coefficient (Wildman–Crippen LogP) is 2.46. The summed E-state index contributed by atoms with van der Waals surface area (Å²) < 4.78 is 10.6.